The normalized spacial score (nSPS) is 10.3. The first-order valence-electron chi connectivity index (χ1n) is 4.73. The number of nitrogens with zero attached hydrogens (tertiary/aromatic N) is 1. The highest BCUT2D eigenvalue weighted by molar-refractivity contribution is 6.33. The van der Waals surface area contributed by atoms with Gasteiger partial charge in [0.05, 0.1) is 29.3 Å². The molecular formula is C11H12ClN3. The maximum absolute atomic E-state index is 6.15. The van der Waals surface area contributed by atoms with Crippen LogP contribution in [0, 0.1) is 6.92 Å². The Bertz CT molecular complexity index is 437. The molecule has 4 heteroatoms. The van der Waals surface area contributed by atoms with Gasteiger partial charge in [0, 0.05) is 6.20 Å². The summed E-state index contributed by atoms with van der Waals surface area (Å²) in [4.78, 5) is 6.97. The summed E-state index contributed by atoms with van der Waals surface area (Å²) in [6.45, 7) is 2.69. The van der Waals surface area contributed by atoms with E-state index in [4.69, 9.17) is 11.6 Å². The fourth-order valence-corrected chi connectivity index (χ4v) is 1.55. The van der Waals surface area contributed by atoms with Crippen LogP contribution in [0.3, 0.4) is 0 Å². The molecular weight excluding hydrogens is 210 g/mol. The number of anilines is 1. The maximum Gasteiger partial charge on any atom is 0.0922 e. The van der Waals surface area contributed by atoms with E-state index in [2.05, 4.69) is 15.3 Å². The summed E-state index contributed by atoms with van der Waals surface area (Å²) >= 11 is 6.15. The monoisotopic (exact) mass is 221 g/mol. The Balaban J connectivity index is 2.08. The van der Waals surface area contributed by atoms with E-state index in [0.717, 1.165) is 22.0 Å². The molecule has 0 saturated heterocycles. The molecule has 1 aromatic carbocycles. The predicted molar refractivity (Wildman–Crippen MR) is 62.1 cm³/mol. The van der Waals surface area contributed by atoms with Gasteiger partial charge in [-0.2, -0.15) is 0 Å². The highest BCUT2D eigenvalue weighted by Crippen LogP contribution is 2.25. The number of benzene rings is 1. The molecule has 1 aromatic heterocycles. The lowest BCUT2D eigenvalue weighted by molar-refractivity contribution is 1.07. The van der Waals surface area contributed by atoms with Gasteiger partial charge >= 0.3 is 0 Å². The summed E-state index contributed by atoms with van der Waals surface area (Å²) in [6, 6.07) is 5.94. The number of nitrogens with one attached hydrogen (secondary N) is 2. The van der Waals surface area contributed by atoms with Crippen LogP contribution < -0.4 is 5.32 Å². The van der Waals surface area contributed by atoms with Gasteiger partial charge in [-0.1, -0.05) is 23.7 Å². The molecule has 0 aliphatic rings. The van der Waals surface area contributed by atoms with Crippen LogP contribution in [-0.4, -0.2) is 9.97 Å². The van der Waals surface area contributed by atoms with Gasteiger partial charge in [0.25, 0.3) is 0 Å². The third-order valence-corrected chi connectivity index (χ3v) is 2.72. The average molecular weight is 222 g/mol. The lowest BCUT2D eigenvalue weighted by atomic mass is 10.2. The number of H-pyrrole nitrogens is 1. The zero-order valence-corrected chi connectivity index (χ0v) is 9.17. The van der Waals surface area contributed by atoms with Gasteiger partial charge in [0.15, 0.2) is 0 Å². The van der Waals surface area contributed by atoms with Crippen LogP contribution in [0.5, 0.6) is 0 Å². The van der Waals surface area contributed by atoms with E-state index in [1.165, 1.54) is 0 Å². The van der Waals surface area contributed by atoms with Crippen LogP contribution in [0.2, 0.25) is 5.02 Å². The summed E-state index contributed by atoms with van der Waals surface area (Å²) in [7, 11) is 0. The van der Waals surface area contributed by atoms with Crippen LogP contribution in [0.1, 0.15) is 11.3 Å². The third-order valence-electron chi connectivity index (χ3n) is 2.22. The highest BCUT2D eigenvalue weighted by Gasteiger charge is 2.02. The second-order valence-electron chi connectivity index (χ2n) is 3.37. The van der Waals surface area contributed by atoms with Gasteiger partial charge < -0.3 is 10.3 Å². The number of hydrogen-bond acceptors (Lipinski definition) is 2. The molecule has 0 spiro atoms. The van der Waals surface area contributed by atoms with E-state index in [0.29, 0.717) is 6.54 Å². The lowest BCUT2D eigenvalue weighted by Gasteiger charge is -2.08. The minimum absolute atomic E-state index is 0.698. The summed E-state index contributed by atoms with van der Waals surface area (Å²) in [5.41, 5.74) is 3.06. The number of aryl methyl sites for hydroxylation is 1. The van der Waals surface area contributed by atoms with Crippen LogP contribution >= 0.6 is 11.6 Å². The van der Waals surface area contributed by atoms with Crippen molar-refractivity contribution in [2.45, 2.75) is 13.5 Å². The van der Waals surface area contributed by atoms with Crippen LogP contribution in [0.15, 0.2) is 30.7 Å². The van der Waals surface area contributed by atoms with Crippen molar-refractivity contribution < 1.29 is 0 Å². The first-order chi connectivity index (χ1) is 7.27. The molecule has 3 nitrogen and oxygen atoms in total. The summed E-state index contributed by atoms with van der Waals surface area (Å²) in [5, 5.41) is 4.03. The van der Waals surface area contributed by atoms with Gasteiger partial charge in [-0.3, -0.25) is 0 Å². The van der Waals surface area contributed by atoms with Crippen molar-refractivity contribution in [1.82, 2.24) is 9.97 Å². The zero-order chi connectivity index (χ0) is 10.7. The van der Waals surface area contributed by atoms with Gasteiger partial charge in [-0.05, 0) is 18.6 Å². The van der Waals surface area contributed by atoms with E-state index in [1.807, 2.05) is 25.1 Å². The molecule has 0 aliphatic heterocycles. The first kappa shape index (κ1) is 10.1. The number of halogens is 1. The molecule has 2 N–H and O–H groups in total. The maximum atomic E-state index is 6.15. The molecule has 0 radical (unpaired) electrons. The van der Waals surface area contributed by atoms with Gasteiger partial charge in [-0.25, -0.2) is 4.98 Å². The fraction of sp³-hybridized carbons (Fsp3) is 0.182. The van der Waals surface area contributed by atoms with Gasteiger partial charge in [0.2, 0.25) is 0 Å². The third kappa shape index (κ3) is 2.30. The molecule has 0 bridgehead atoms. The van der Waals surface area contributed by atoms with Crippen molar-refractivity contribution in [3.8, 4) is 0 Å². The topological polar surface area (TPSA) is 40.7 Å². The number of aromatic nitrogens is 2. The van der Waals surface area contributed by atoms with Crippen molar-refractivity contribution >= 4 is 17.3 Å². The predicted octanol–water partition coefficient (Wildman–Crippen LogP) is 2.98. The Kier molecular flexibility index (Phi) is 2.92. The molecule has 15 heavy (non-hydrogen) atoms. The largest absolute Gasteiger partial charge is 0.378 e. The Labute approximate surface area is 93.5 Å². The number of rotatable bonds is 3. The molecule has 2 rings (SSSR count). The van der Waals surface area contributed by atoms with Crippen LogP contribution in [0.4, 0.5) is 5.69 Å². The number of hydrogen-bond donors (Lipinski definition) is 2. The zero-order valence-electron chi connectivity index (χ0n) is 8.42. The Morgan fingerprint density at radius 1 is 1.47 bits per heavy atom. The SMILES string of the molecule is Cc1cccc(NCc2cnc[nH]2)c1Cl. The molecule has 0 unspecified atom stereocenters. The number of imidazole rings is 1. The van der Waals surface area contributed by atoms with Crippen molar-refractivity contribution in [2.75, 3.05) is 5.32 Å². The van der Waals surface area contributed by atoms with E-state index in [1.54, 1.807) is 12.5 Å². The summed E-state index contributed by atoms with van der Waals surface area (Å²) < 4.78 is 0. The minimum Gasteiger partial charge on any atom is -0.378 e. The molecule has 0 amide bonds. The second kappa shape index (κ2) is 4.36. The Morgan fingerprint density at radius 3 is 3.07 bits per heavy atom. The minimum atomic E-state index is 0.698. The fourth-order valence-electron chi connectivity index (χ4n) is 1.36. The van der Waals surface area contributed by atoms with E-state index < -0.39 is 0 Å². The second-order valence-corrected chi connectivity index (χ2v) is 3.74. The Morgan fingerprint density at radius 2 is 2.33 bits per heavy atom. The Hall–Kier alpha value is -1.48. The van der Waals surface area contributed by atoms with Crippen molar-refractivity contribution in [3.05, 3.63) is 47.0 Å². The van der Waals surface area contributed by atoms with Crippen molar-refractivity contribution in [1.29, 1.82) is 0 Å². The molecule has 0 aliphatic carbocycles. The smallest absolute Gasteiger partial charge is 0.0922 e. The van der Waals surface area contributed by atoms with E-state index >= 15 is 0 Å². The first-order valence-corrected chi connectivity index (χ1v) is 5.11. The lowest BCUT2D eigenvalue weighted by Crippen LogP contribution is -2.00. The number of aromatic amines is 1. The highest BCUT2D eigenvalue weighted by atomic mass is 35.5. The van der Waals surface area contributed by atoms with Gasteiger partial charge in [-0.15, -0.1) is 0 Å². The van der Waals surface area contributed by atoms with Gasteiger partial charge in [0.1, 0.15) is 0 Å². The van der Waals surface area contributed by atoms with Crippen molar-refractivity contribution in [3.63, 3.8) is 0 Å². The summed E-state index contributed by atoms with van der Waals surface area (Å²) in [5.74, 6) is 0. The summed E-state index contributed by atoms with van der Waals surface area (Å²) in [6.07, 6.45) is 3.45. The standard InChI is InChI=1S/C11H12ClN3/c1-8-3-2-4-10(11(8)12)14-6-9-5-13-7-15-9/h2-5,7,14H,6H2,1H3,(H,13,15). The molecule has 78 valence electrons. The van der Waals surface area contributed by atoms with Crippen molar-refractivity contribution in [2.24, 2.45) is 0 Å². The van der Waals surface area contributed by atoms with E-state index in [-0.39, 0.29) is 0 Å². The molecule has 1 heterocycles. The van der Waals surface area contributed by atoms with E-state index in [9.17, 15) is 0 Å². The average Bonchev–Trinajstić information content (AvgIpc) is 2.73. The van der Waals surface area contributed by atoms with Crippen LogP contribution in [0.25, 0.3) is 0 Å². The quantitative estimate of drug-likeness (QED) is 0.837. The van der Waals surface area contributed by atoms with Crippen LogP contribution in [-0.2, 0) is 6.54 Å². The molecule has 0 atom stereocenters. The molecule has 0 saturated carbocycles. The molecule has 0 fully saturated rings. The molecule has 2 aromatic rings.